The second-order valence-corrected chi connectivity index (χ2v) is 5.87. The zero-order valence-corrected chi connectivity index (χ0v) is 13.1. The lowest BCUT2D eigenvalue weighted by Crippen LogP contribution is -2.17. The summed E-state index contributed by atoms with van der Waals surface area (Å²) in [6.07, 6.45) is 0.762. The lowest BCUT2D eigenvalue weighted by molar-refractivity contribution is 0.483. The SMILES string of the molecule is CC(N)Cc1ccc(Oc2cc(Cl)ccc2Cl)c(Cl)c1. The standard InChI is InChI=1S/C15H14Cl3NO/c1-9(19)6-10-2-5-14(13(18)7-10)20-15-8-11(16)3-4-12(15)17/h2-5,7-9H,6,19H2,1H3. The van der Waals surface area contributed by atoms with Crippen LogP contribution in [0.4, 0.5) is 0 Å². The van der Waals surface area contributed by atoms with Crippen LogP contribution in [-0.4, -0.2) is 6.04 Å². The number of hydrogen-bond acceptors (Lipinski definition) is 2. The molecule has 0 saturated carbocycles. The van der Waals surface area contributed by atoms with Crippen LogP contribution in [-0.2, 0) is 6.42 Å². The molecular formula is C15H14Cl3NO. The van der Waals surface area contributed by atoms with Crippen molar-refractivity contribution in [2.75, 3.05) is 0 Å². The highest BCUT2D eigenvalue weighted by atomic mass is 35.5. The molecule has 0 spiro atoms. The van der Waals surface area contributed by atoms with Gasteiger partial charge < -0.3 is 10.5 Å². The van der Waals surface area contributed by atoms with Crippen molar-refractivity contribution < 1.29 is 4.74 Å². The fourth-order valence-electron chi connectivity index (χ4n) is 1.80. The average Bonchev–Trinajstić information content (AvgIpc) is 2.36. The zero-order valence-electron chi connectivity index (χ0n) is 10.9. The van der Waals surface area contributed by atoms with Crippen molar-refractivity contribution in [2.45, 2.75) is 19.4 Å². The molecule has 0 radical (unpaired) electrons. The van der Waals surface area contributed by atoms with E-state index in [0.29, 0.717) is 26.6 Å². The maximum Gasteiger partial charge on any atom is 0.147 e. The molecule has 2 nitrogen and oxygen atoms in total. The molecule has 2 rings (SSSR count). The van der Waals surface area contributed by atoms with Crippen LogP contribution in [0.15, 0.2) is 36.4 Å². The highest BCUT2D eigenvalue weighted by molar-refractivity contribution is 6.34. The van der Waals surface area contributed by atoms with E-state index < -0.39 is 0 Å². The van der Waals surface area contributed by atoms with E-state index in [1.165, 1.54) is 0 Å². The summed E-state index contributed by atoms with van der Waals surface area (Å²) in [5.74, 6) is 1.00. The van der Waals surface area contributed by atoms with E-state index in [1.807, 2.05) is 19.1 Å². The van der Waals surface area contributed by atoms with Crippen molar-refractivity contribution in [3.8, 4) is 11.5 Å². The van der Waals surface area contributed by atoms with Gasteiger partial charge in [-0.05, 0) is 43.2 Å². The molecule has 0 heterocycles. The van der Waals surface area contributed by atoms with Crippen molar-refractivity contribution in [1.29, 1.82) is 0 Å². The van der Waals surface area contributed by atoms with Crippen molar-refractivity contribution in [3.05, 3.63) is 57.0 Å². The van der Waals surface area contributed by atoms with Crippen LogP contribution in [0, 0.1) is 0 Å². The predicted octanol–water partition coefficient (Wildman–Crippen LogP) is 5.33. The predicted molar refractivity (Wildman–Crippen MR) is 85.3 cm³/mol. The van der Waals surface area contributed by atoms with Crippen LogP contribution in [0.5, 0.6) is 11.5 Å². The molecule has 5 heteroatoms. The first-order valence-electron chi connectivity index (χ1n) is 6.12. The third-order valence-electron chi connectivity index (χ3n) is 2.67. The van der Waals surface area contributed by atoms with Crippen LogP contribution < -0.4 is 10.5 Å². The summed E-state index contributed by atoms with van der Waals surface area (Å²) in [5, 5.41) is 1.54. The maximum atomic E-state index is 6.21. The van der Waals surface area contributed by atoms with Gasteiger partial charge in [0.05, 0.1) is 10.0 Å². The second kappa shape index (κ2) is 6.68. The van der Waals surface area contributed by atoms with Crippen LogP contribution >= 0.6 is 34.8 Å². The van der Waals surface area contributed by atoms with Gasteiger partial charge >= 0.3 is 0 Å². The summed E-state index contributed by atoms with van der Waals surface area (Å²) in [6.45, 7) is 1.95. The first-order valence-corrected chi connectivity index (χ1v) is 7.26. The Morgan fingerprint density at radius 3 is 2.40 bits per heavy atom. The van der Waals surface area contributed by atoms with Crippen molar-refractivity contribution in [2.24, 2.45) is 5.73 Å². The summed E-state index contributed by atoms with van der Waals surface area (Å²) < 4.78 is 5.70. The van der Waals surface area contributed by atoms with E-state index in [9.17, 15) is 0 Å². The van der Waals surface area contributed by atoms with E-state index in [2.05, 4.69) is 0 Å². The molecule has 106 valence electrons. The number of benzene rings is 2. The van der Waals surface area contributed by atoms with Crippen LogP contribution in [0.1, 0.15) is 12.5 Å². The molecule has 0 aliphatic heterocycles. The van der Waals surface area contributed by atoms with E-state index in [1.54, 1.807) is 24.3 Å². The van der Waals surface area contributed by atoms with Gasteiger partial charge in [-0.3, -0.25) is 0 Å². The largest absolute Gasteiger partial charge is 0.454 e. The van der Waals surface area contributed by atoms with Crippen molar-refractivity contribution in [1.82, 2.24) is 0 Å². The Kier molecular flexibility index (Phi) is 5.17. The van der Waals surface area contributed by atoms with Crippen LogP contribution in [0.3, 0.4) is 0 Å². The smallest absolute Gasteiger partial charge is 0.147 e. The highest BCUT2D eigenvalue weighted by Gasteiger charge is 2.09. The molecule has 1 unspecified atom stereocenters. The van der Waals surface area contributed by atoms with Gasteiger partial charge in [0.15, 0.2) is 0 Å². The molecule has 0 fully saturated rings. The monoisotopic (exact) mass is 329 g/mol. The molecule has 0 aliphatic rings. The average molecular weight is 331 g/mol. The highest BCUT2D eigenvalue weighted by Crippen LogP contribution is 2.35. The fourth-order valence-corrected chi connectivity index (χ4v) is 2.36. The molecule has 2 N–H and O–H groups in total. The molecule has 0 amide bonds. The Morgan fingerprint density at radius 2 is 1.75 bits per heavy atom. The number of halogens is 3. The molecule has 0 bridgehead atoms. The Bertz CT molecular complexity index is 614. The summed E-state index contributed by atoms with van der Waals surface area (Å²) >= 11 is 18.2. The van der Waals surface area contributed by atoms with Gasteiger partial charge in [0, 0.05) is 17.1 Å². The first-order chi connectivity index (χ1) is 9.45. The Balaban J connectivity index is 2.23. The van der Waals surface area contributed by atoms with Gasteiger partial charge in [-0.1, -0.05) is 40.9 Å². The summed E-state index contributed by atoms with van der Waals surface area (Å²) in [4.78, 5) is 0. The van der Waals surface area contributed by atoms with E-state index in [0.717, 1.165) is 12.0 Å². The molecule has 1 atom stereocenters. The van der Waals surface area contributed by atoms with Gasteiger partial charge in [0.25, 0.3) is 0 Å². The zero-order chi connectivity index (χ0) is 14.7. The third-order valence-corrected chi connectivity index (χ3v) is 3.51. The minimum atomic E-state index is 0.0835. The fraction of sp³-hybridized carbons (Fsp3) is 0.200. The normalized spacial score (nSPS) is 12.2. The van der Waals surface area contributed by atoms with Gasteiger partial charge in [0.2, 0.25) is 0 Å². The maximum absolute atomic E-state index is 6.21. The Hall–Kier alpha value is -0.930. The lowest BCUT2D eigenvalue weighted by Gasteiger charge is -2.11. The Morgan fingerprint density at radius 1 is 1.00 bits per heavy atom. The Labute approximate surface area is 133 Å². The van der Waals surface area contributed by atoms with Crippen molar-refractivity contribution >= 4 is 34.8 Å². The van der Waals surface area contributed by atoms with Crippen molar-refractivity contribution in [3.63, 3.8) is 0 Å². The molecule has 0 aliphatic carbocycles. The minimum absolute atomic E-state index is 0.0835. The number of hydrogen-bond donors (Lipinski definition) is 1. The molecule has 2 aromatic carbocycles. The lowest BCUT2D eigenvalue weighted by atomic mass is 10.1. The molecule has 20 heavy (non-hydrogen) atoms. The summed E-state index contributed by atoms with van der Waals surface area (Å²) in [5.41, 5.74) is 6.83. The number of nitrogens with two attached hydrogens (primary N) is 1. The number of ether oxygens (including phenoxy) is 1. The van der Waals surface area contributed by atoms with E-state index >= 15 is 0 Å². The van der Waals surface area contributed by atoms with Gasteiger partial charge in [0.1, 0.15) is 11.5 Å². The van der Waals surface area contributed by atoms with Gasteiger partial charge in [-0.25, -0.2) is 0 Å². The molecule has 0 aromatic heterocycles. The molecule has 0 saturated heterocycles. The van der Waals surface area contributed by atoms with Crippen LogP contribution in [0.25, 0.3) is 0 Å². The summed E-state index contributed by atoms with van der Waals surface area (Å²) in [6, 6.07) is 10.7. The minimum Gasteiger partial charge on any atom is -0.454 e. The summed E-state index contributed by atoms with van der Waals surface area (Å²) in [7, 11) is 0. The third kappa shape index (κ3) is 4.03. The first kappa shape index (κ1) is 15.5. The molecular weight excluding hydrogens is 317 g/mol. The molecule has 2 aromatic rings. The number of rotatable bonds is 4. The van der Waals surface area contributed by atoms with Gasteiger partial charge in [-0.15, -0.1) is 0 Å². The topological polar surface area (TPSA) is 35.2 Å². The second-order valence-electron chi connectivity index (χ2n) is 4.62. The van der Waals surface area contributed by atoms with E-state index in [-0.39, 0.29) is 6.04 Å². The van der Waals surface area contributed by atoms with Crippen LogP contribution in [0.2, 0.25) is 15.1 Å². The van der Waals surface area contributed by atoms with Gasteiger partial charge in [-0.2, -0.15) is 0 Å². The van der Waals surface area contributed by atoms with E-state index in [4.69, 9.17) is 45.3 Å². The quantitative estimate of drug-likeness (QED) is 0.822.